The number of halogens is 1. The molecule has 1 aliphatic heterocycles. The second-order valence-corrected chi connectivity index (χ2v) is 6.18. The summed E-state index contributed by atoms with van der Waals surface area (Å²) in [6, 6.07) is 4.02. The first-order valence-electron chi connectivity index (χ1n) is 8.20. The molecule has 0 spiro atoms. The van der Waals surface area contributed by atoms with Crippen molar-refractivity contribution >= 4 is 29.9 Å². The third-order valence-corrected chi connectivity index (χ3v) is 4.19. The van der Waals surface area contributed by atoms with Crippen molar-refractivity contribution in [2.24, 2.45) is 4.99 Å². The van der Waals surface area contributed by atoms with Crippen LogP contribution in [0.5, 0.6) is 0 Å². The van der Waals surface area contributed by atoms with Crippen molar-refractivity contribution in [3.63, 3.8) is 0 Å². The van der Waals surface area contributed by atoms with Gasteiger partial charge in [-0.1, -0.05) is 6.07 Å². The summed E-state index contributed by atoms with van der Waals surface area (Å²) in [5.41, 5.74) is 0.996. The molecule has 0 aromatic carbocycles. The van der Waals surface area contributed by atoms with Gasteiger partial charge in [0.2, 0.25) is 0 Å². The summed E-state index contributed by atoms with van der Waals surface area (Å²) in [6.45, 7) is 4.40. The van der Waals surface area contributed by atoms with E-state index >= 15 is 0 Å². The average molecular weight is 456 g/mol. The predicted molar refractivity (Wildman–Crippen MR) is 109 cm³/mol. The number of guanidine groups is 1. The van der Waals surface area contributed by atoms with E-state index in [1.54, 1.807) is 19.6 Å². The molecule has 1 saturated heterocycles. The first-order valence-corrected chi connectivity index (χ1v) is 8.20. The van der Waals surface area contributed by atoms with Gasteiger partial charge in [-0.3, -0.25) is 9.56 Å². The molecule has 25 heavy (non-hydrogen) atoms. The highest BCUT2D eigenvalue weighted by Gasteiger charge is 2.29. The zero-order valence-electron chi connectivity index (χ0n) is 14.6. The van der Waals surface area contributed by atoms with Crippen LogP contribution in [0.1, 0.15) is 25.3 Å². The van der Waals surface area contributed by atoms with E-state index in [1.807, 2.05) is 29.1 Å². The first kappa shape index (κ1) is 19.6. The van der Waals surface area contributed by atoms with Crippen LogP contribution in [0.25, 0.3) is 5.82 Å². The monoisotopic (exact) mass is 456 g/mol. The zero-order chi connectivity index (χ0) is 16.8. The van der Waals surface area contributed by atoms with E-state index in [4.69, 9.17) is 4.74 Å². The molecule has 0 radical (unpaired) electrons. The second-order valence-electron chi connectivity index (χ2n) is 6.18. The van der Waals surface area contributed by atoms with Crippen LogP contribution in [0.15, 0.2) is 42.0 Å². The van der Waals surface area contributed by atoms with Gasteiger partial charge in [-0.2, -0.15) is 0 Å². The molecule has 1 aliphatic rings. The molecule has 2 aromatic heterocycles. The van der Waals surface area contributed by atoms with Gasteiger partial charge in [0.25, 0.3) is 0 Å². The number of hydrogen-bond acceptors (Lipinski definition) is 4. The number of rotatable bonds is 5. The Morgan fingerprint density at radius 1 is 1.40 bits per heavy atom. The summed E-state index contributed by atoms with van der Waals surface area (Å²) < 4.78 is 7.66. The normalized spacial score (nSPS) is 20.2. The SMILES string of the molecule is CN=C(NCc1ccc(-n2ccnc2)nc1)NCC1(C)CCCO1.I. The number of imidazole rings is 1. The van der Waals surface area contributed by atoms with Crippen molar-refractivity contribution in [3.05, 3.63) is 42.6 Å². The molecule has 3 heterocycles. The predicted octanol–water partition coefficient (Wildman–Crippen LogP) is 2.12. The van der Waals surface area contributed by atoms with Gasteiger partial charge in [-0.15, -0.1) is 24.0 Å². The number of aliphatic imine (C=N–C) groups is 1. The molecule has 0 saturated carbocycles. The van der Waals surface area contributed by atoms with Gasteiger partial charge in [0.15, 0.2) is 5.96 Å². The number of nitrogens with zero attached hydrogens (tertiary/aromatic N) is 4. The van der Waals surface area contributed by atoms with Crippen LogP contribution in [0, 0.1) is 0 Å². The smallest absolute Gasteiger partial charge is 0.191 e. The summed E-state index contributed by atoms with van der Waals surface area (Å²) in [6.07, 6.45) is 9.41. The summed E-state index contributed by atoms with van der Waals surface area (Å²) in [5, 5.41) is 6.64. The molecule has 136 valence electrons. The highest BCUT2D eigenvalue weighted by molar-refractivity contribution is 14.0. The molecule has 0 aliphatic carbocycles. The van der Waals surface area contributed by atoms with Crippen LogP contribution in [0.4, 0.5) is 0 Å². The molecular weight excluding hydrogens is 431 g/mol. The number of ether oxygens (including phenoxy) is 1. The highest BCUT2D eigenvalue weighted by atomic mass is 127. The van der Waals surface area contributed by atoms with Gasteiger partial charge in [-0.05, 0) is 31.4 Å². The molecule has 8 heteroatoms. The highest BCUT2D eigenvalue weighted by Crippen LogP contribution is 2.23. The Bertz CT molecular complexity index is 665. The Kier molecular flexibility index (Phi) is 7.18. The van der Waals surface area contributed by atoms with E-state index in [1.165, 1.54) is 0 Å². The minimum atomic E-state index is -0.0916. The lowest BCUT2D eigenvalue weighted by atomic mass is 10.0. The fourth-order valence-corrected chi connectivity index (χ4v) is 2.72. The van der Waals surface area contributed by atoms with Crippen molar-refractivity contribution in [3.8, 4) is 5.82 Å². The van der Waals surface area contributed by atoms with Gasteiger partial charge in [0.1, 0.15) is 12.1 Å². The quantitative estimate of drug-likeness (QED) is 0.410. The molecule has 1 unspecified atom stereocenters. The third-order valence-electron chi connectivity index (χ3n) is 4.19. The number of hydrogen-bond donors (Lipinski definition) is 2. The van der Waals surface area contributed by atoms with Gasteiger partial charge in [-0.25, -0.2) is 9.97 Å². The lowest BCUT2D eigenvalue weighted by Crippen LogP contribution is -2.45. The van der Waals surface area contributed by atoms with E-state index in [9.17, 15) is 0 Å². The Labute approximate surface area is 165 Å². The van der Waals surface area contributed by atoms with Crippen molar-refractivity contribution in [1.29, 1.82) is 0 Å². The van der Waals surface area contributed by atoms with Crippen LogP contribution in [-0.2, 0) is 11.3 Å². The lowest BCUT2D eigenvalue weighted by Gasteiger charge is -2.24. The molecule has 0 bridgehead atoms. The van der Waals surface area contributed by atoms with Crippen molar-refractivity contribution in [2.45, 2.75) is 31.9 Å². The molecular formula is C17H25IN6O. The fourth-order valence-electron chi connectivity index (χ4n) is 2.72. The van der Waals surface area contributed by atoms with Crippen LogP contribution < -0.4 is 10.6 Å². The van der Waals surface area contributed by atoms with Gasteiger partial charge in [0.05, 0.1) is 5.60 Å². The Balaban J connectivity index is 0.00000225. The van der Waals surface area contributed by atoms with E-state index in [0.29, 0.717) is 6.54 Å². The zero-order valence-corrected chi connectivity index (χ0v) is 16.9. The Morgan fingerprint density at radius 2 is 2.28 bits per heavy atom. The summed E-state index contributed by atoms with van der Waals surface area (Å²) in [7, 11) is 1.77. The summed E-state index contributed by atoms with van der Waals surface area (Å²) >= 11 is 0. The maximum Gasteiger partial charge on any atom is 0.191 e. The molecule has 1 atom stereocenters. The topological polar surface area (TPSA) is 76.4 Å². The van der Waals surface area contributed by atoms with Gasteiger partial charge >= 0.3 is 0 Å². The van der Waals surface area contributed by atoms with Crippen molar-refractivity contribution in [2.75, 3.05) is 20.2 Å². The lowest BCUT2D eigenvalue weighted by molar-refractivity contribution is 0.0243. The van der Waals surface area contributed by atoms with Crippen molar-refractivity contribution in [1.82, 2.24) is 25.2 Å². The fraction of sp³-hybridized carbons (Fsp3) is 0.471. The summed E-state index contributed by atoms with van der Waals surface area (Å²) in [4.78, 5) is 12.7. The number of pyridine rings is 1. The summed E-state index contributed by atoms with van der Waals surface area (Å²) in [5.74, 6) is 1.62. The van der Waals surface area contributed by atoms with Crippen LogP contribution >= 0.6 is 24.0 Å². The van der Waals surface area contributed by atoms with Crippen LogP contribution in [0.2, 0.25) is 0 Å². The molecule has 0 amide bonds. The van der Waals surface area contributed by atoms with Crippen LogP contribution in [-0.4, -0.2) is 46.3 Å². The second kappa shape index (κ2) is 9.14. The van der Waals surface area contributed by atoms with E-state index in [-0.39, 0.29) is 29.6 Å². The van der Waals surface area contributed by atoms with Gasteiger partial charge < -0.3 is 15.4 Å². The standard InChI is InChI=1S/C17H24N6O.HI/c1-17(6-3-9-24-17)12-22-16(18-2)21-11-14-4-5-15(20-10-14)23-8-7-19-13-23;/h4-5,7-8,10,13H,3,6,9,11-12H2,1-2H3,(H2,18,21,22);1H. The van der Waals surface area contributed by atoms with E-state index in [2.05, 4.69) is 32.5 Å². The third kappa shape index (κ3) is 5.40. The van der Waals surface area contributed by atoms with Crippen molar-refractivity contribution < 1.29 is 4.74 Å². The Hall–Kier alpha value is -1.68. The minimum Gasteiger partial charge on any atom is -0.373 e. The number of nitrogens with one attached hydrogen (secondary N) is 2. The van der Waals surface area contributed by atoms with Gasteiger partial charge in [0, 0.05) is 45.3 Å². The minimum absolute atomic E-state index is 0. The van der Waals surface area contributed by atoms with E-state index in [0.717, 1.165) is 43.3 Å². The molecule has 7 nitrogen and oxygen atoms in total. The van der Waals surface area contributed by atoms with E-state index < -0.39 is 0 Å². The van der Waals surface area contributed by atoms with Crippen LogP contribution in [0.3, 0.4) is 0 Å². The number of aromatic nitrogens is 3. The largest absolute Gasteiger partial charge is 0.373 e. The maximum absolute atomic E-state index is 5.78. The molecule has 2 aromatic rings. The first-order chi connectivity index (χ1) is 11.7. The Morgan fingerprint density at radius 3 is 2.88 bits per heavy atom. The molecule has 1 fully saturated rings. The molecule has 3 rings (SSSR count). The average Bonchev–Trinajstić information content (AvgIpc) is 3.28. The maximum atomic E-state index is 5.78. The molecule has 2 N–H and O–H groups in total.